The van der Waals surface area contributed by atoms with E-state index in [0.717, 1.165) is 0 Å². The molecule has 5 amide bonds. The number of hydrogen-bond acceptors (Lipinski definition) is 8. The summed E-state index contributed by atoms with van der Waals surface area (Å²) in [7, 11) is 0. The van der Waals surface area contributed by atoms with Gasteiger partial charge in [-0.3, -0.25) is 29.0 Å². The Morgan fingerprint density at radius 2 is 1.13 bits per heavy atom. The zero-order valence-corrected chi connectivity index (χ0v) is 32.1. The fraction of sp³-hybridized carbons (Fsp3) is 0.513. The summed E-state index contributed by atoms with van der Waals surface area (Å²) in [5.41, 5.74) is 17.9. The van der Waals surface area contributed by atoms with E-state index < -0.39 is 59.8 Å². The van der Waals surface area contributed by atoms with Crippen LogP contribution < -0.4 is 43.8 Å². The van der Waals surface area contributed by atoms with Crippen LogP contribution in [0.2, 0.25) is 0 Å². The molecule has 16 heteroatoms. The lowest BCUT2D eigenvalue weighted by Crippen LogP contribution is -2.60. The number of aliphatic carboxylic acids is 1. The van der Waals surface area contributed by atoms with Gasteiger partial charge in [0.2, 0.25) is 29.5 Å². The molecule has 0 unspecified atom stereocenters. The number of nitrogens with one attached hydrogen (secondary N) is 5. The topological polar surface area (TPSA) is 273 Å². The molecule has 0 aromatic heterocycles. The molecule has 2 aromatic rings. The first-order valence-electron chi connectivity index (χ1n) is 18.8. The number of amides is 5. The summed E-state index contributed by atoms with van der Waals surface area (Å²) in [6.07, 6.45) is 2.43. The Morgan fingerprint density at radius 1 is 0.655 bits per heavy atom. The van der Waals surface area contributed by atoms with E-state index in [1.807, 2.05) is 6.92 Å². The molecule has 55 heavy (non-hydrogen) atoms. The Morgan fingerprint density at radius 3 is 1.58 bits per heavy atom. The van der Waals surface area contributed by atoms with E-state index in [2.05, 4.69) is 31.6 Å². The van der Waals surface area contributed by atoms with Gasteiger partial charge in [0.15, 0.2) is 5.96 Å². The van der Waals surface area contributed by atoms with E-state index in [-0.39, 0.29) is 62.9 Å². The van der Waals surface area contributed by atoms with Gasteiger partial charge < -0.3 is 48.9 Å². The largest absolute Gasteiger partial charge is 0.480 e. The third-order valence-corrected chi connectivity index (χ3v) is 8.71. The van der Waals surface area contributed by atoms with Crippen molar-refractivity contribution in [3.05, 3.63) is 71.8 Å². The number of aliphatic imine (C=N–C) groups is 1. The molecule has 0 aliphatic rings. The molecular weight excluding hydrogens is 706 g/mol. The van der Waals surface area contributed by atoms with Crippen molar-refractivity contribution in [3.8, 4) is 0 Å². The van der Waals surface area contributed by atoms with Crippen molar-refractivity contribution >= 4 is 41.5 Å². The smallest absolute Gasteiger partial charge is 0.326 e. The van der Waals surface area contributed by atoms with Crippen molar-refractivity contribution in [1.29, 1.82) is 0 Å². The van der Waals surface area contributed by atoms with Crippen molar-refractivity contribution < 1.29 is 33.9 Å². The van der Waals surface area contributed by atoms with Gasteiger partial charge in [-0.2, -0.15) is 0 Å². The fourth-order valence-electron chi connectivity index (χ4n) is 5.73. The Kier molecular flexibility index (Phi) is 20.5. The summed E-state index contributed by atoms with van der Waals surface area (Å²) >= 11 is 0. The molecule has 16 nitrogen and oxygen atoms in total. The van der Waals surface area contributed by atoms with Crippen LogP contribution in [0.1, 0.15) is 76.8 Å². The Labute approximate surface area is 323 Å². The van der Waals surface area contributed by atoms with Crippen LogP contribution in [0.25, 0.3) is 0 Å². The van der Waals surface area contributed by atoms with Gasteiger partial charge in [-0.1, -0.05) is 81.4 Å². The monoisotopic (exact) mass is 765 g/mol. The van der Waals surface area contributed by atoms with Crippen LogP contribution in [0.4, 0.5) is 0 Å². The van der Waals surface area contributed by atoms with Crippen LogP contribution in [0, 0.1) is 5.92 Å². The molecular formula is C39H59N9O7. The molecule has 2 rings (SSSR count). The average molecular weight is 766 g/mol. The normalized spacial score (nSPS) is 13.6. The molecule has 302 valence electrons. The predicted molar refractivity (Wildman–Crippen MR) is 210 cm³/mol. The number of unbranched alkanes of at least 4 members (excludes halogenated alkanes) is 1. The summed E-state index contributed by atoms with van der Waals surface area (Å²) in [4.78, 5) is 83.9. The van der Waals surface area contributed by atoms with Gasteiger partial charge in [0.25, 0.3) is 0 Å². The molecule has 5 atom stereocenters. The minimum atomic E-state index is -1.23. The maximum atomic E-state index is 14.2. The van der Waals surface area contributed by atoms with Gasteiger partial charge in [-0.05, 0) is 62.1 Å². The number of hydrogen-bond donors (Lipinski definition) is 9. The number of carboxylic acid groups (broad SMARTS) is 1. The van der Waals surface area contributed by atoms with Crippen molar-refractivity contribution in [2.45, 2.75) is 109 Å². The number of carbonyl (C=O) groups excluding carboxylic acids is 5. The number of carbonyl (C=O) groups is 6. The highest BCUT2D eigenvalue weighted by molar-refractivity contribution is 5.96. The standard InChI is InChI=1S/C39H59N9O7/c1-4-14-32(49)48-33(25(2)3)37(53)44-28(20-13-22-43-39(41)42)34(50)46-31(24-27-17-9-6-10-18-27)36(52)47-30(23-26-15-7-5-8-16-26)35(51)45-29(38(54)55)19-11-12-21-40/h5-10,15-18,25,28-31,33H,4,11-14,19-24,40H2,1-3H3,(H,44,53)(H,45,51)(H,46,50)(H,47,52)(H,48,49)(H,54,55)(H4,41,42,43)/t28-,29-,30-,31-,33-/m0/s1. The molecule has 0 saturated carbocycles. The van der Waals surface area contributed by atoms with E-state index in [1.165, 1.54) is 0 Å². The Balaban J connectivity index is 2.44. The van der Waals surface area contributed by atoms with Crippen LogP contribution in [0.15, 0.2) is 65.7 Å². The lowest BCUT2D eigenvalue weighted by Gasteiger charge is -2.28. The van der Waals surface area contributed by atoms with E-state index >= 15 is 0 Å². The Hall–Kier alpha value is -5.51. The molecule has 0 heterocycles. The predicted octanol–water partition coefficient (Wildman–Crippen LogP) is 0.619. The van der Waals surface area contributed by atoms with Gasteiger partial charge in [-0.25, -0.2) is 4.79 Å². The molecule has 2 aromatic carbocycles. The first-order valence-corrected chi connectivity index (χ1v) is 18.8. The van der Waals surface area contributed by atoms with Crippen molar-refractivity contribution in [2.24, 2.45) is 28.1 Å². The van der Waals surface area contributed by atoms with Gasteiger partial charge in [0, 0.05) is 25.8 Å². The lowest BCUT2D eigenvalue weighted by atomic mass is 10.0. The second-order valence-corrected chi connectivity index (χ2v) is 13.7. The van der Waals surface area contributed by atoms with Crippen molar-refractivity contribution in [1.82, 2.24) is 26.6 Å². The molecule has 0 spiro atoms. The molecule has 0 bridgehead atoms. The second-order valence-electron chi connectivity index (χ2n) is 13.7. The van der Waals surface area contributed by atoms with Crippen molar-refractivity contribution in [3.63, 3.8) is 0 Å². The number of guanidine groups is 1. The highest BCUT2D eigenvalue weighted by Crippen LogP contribution is 2.11. The van der Waals surface area contributed by atoms with Crippen LogP contribution in [-0.4, -0.2) is 89.9 Å². The number of carboxylic acids is 1. The van der Waals surface area contributed by atoms with E-state index in [1.54, 1.807) is 74.5 Å². The molecule has 0 radical (unpaired) electrons. The first kappa shape index (κ1) is 45.6. The third kappa shape index (κ3) is 17.5. The fourth-order valence-corrected chi connectivity index (χ4v) is 5.73. The highest BCUT2D eigenvalue weighted by Gasteiger charge is 2.33. The third-order valence-electron chi connectivity index (χ3n) is 8.71. The molecule has 0 aliphatic carbocycles. The molecule has 12 N–H and O–H groups in total. The van der Waals surface area contributed by atoms with E-state index in [0.29, 0.717) is 36.9 Å². The number of benzene rings is 2. The maximum absolute atomic E-state index is 14.2. The van der Waals surface area contributed by atoms with Crippen LogP contribution in [-0.2, 0) is 41.6 Å². The van der Waals surface area contributed by atoms with Gasteiger partial charge in [-0.15, -0.1) is 0 Å². The zero-order valence-electron chi connectivity index (χ0n) is 32.1. The number of nitrogens with zero attached hydrogens (tertiary/aromatic N) is 1. The van der Waals surface area contributed by atoms with Crippen LogP contribution >= 0.6 is 0 Å². The lowest BCUT2D eigenvalue weighted by molar-refractivity contribution is -0.142. The van der Waals surface area contributed by atoms with Crippen LogP contribution in [0.3, 0.4) is 0 Å². The summed E-state index contributed by atoms with van der Waals surface area (Å²) in [6, 6.07) is 12.1. The number of rotatable bonds is 25. The Bertz CT molecular complexity index is 1550. The highest BCUT2D eigenvalue weighted by atomic mass is 16.4. The van der Waals surface area contributed by atoms with Gasteiger partial charge >= 0.3 is 5.97 Å². The minimum Gasteiger partial charge on any atom is -0.480 e. The maximum Gasteiger partial charge on any atom is 0.326 e. The first-order chi connectivity index (χ1) is 26.2. The van der Waals surface area contributed by atoms with Crippen molar-refractivity contribution in [2.75, 3.05) is 13.1 Å². The average Bonchev–Trinajstić information content (AvgIpc) is 3.14. The van der Waals surface area contributed by atoms with Gasteiger partial charge in [0.1, 0.15) is 30.2 Å². The molecule has 0 saturated heterocycles. The van der Waals surface area contributed by atoms with Gasteiger partial charge in [0.05, 0.1) is 0 Å². The van der Waals surface area contributed by atoms with E-state index in [4.69, 9.17) is 17.2 Å². The second kappa shape index (κ2) is 24.7. The summed E-state index contributed by atoms with van der Waals surface area (Å²) in [5.74, 6) is -4.65. The molecule has 0 aliphatic heterocycles. The number of nitrogens with two attached hydrogens (primary N) is 3. The summed E-state index contributed by atoms with van der Waals surface area (Å²) in [6.45, 7) is 5.92. The van der Waals surface area contributed by atoms with E-state index in [9.17, 15) is 33.9 Å². The summed E-state index contributed by atoms with van der Waals surface area (Å²) < 4.78 is 0. The quantitative estimate of drug-likeness (QED) is 0.0386. The SMILES string of the molecule is CCCC(=O)N[C@H](C(=O)N[C@@H](CCCN=C(N)N)C(=O)N[C@@H](Cc1ccccc1)C(=O)N[C@@H](Cc1ccccc1)C(=O)N[C@@H](CCCCN)C(=O)O)C(C)C. The summed E-state index contributed by atoms with van der Waals surface area (Å²) in [5, 5.41) is 23.4. The molecule has 0 fully saturated rings. The van der Waals surface area contributed by atoms with Crippen LogP contribution in [0.5, 0.6) is 0 Å². The minimum absolute atomic E-state index is 0.0191. The zero-order chi connectivity index (χ0) is 40.8.